The maximum Gasteiger partial charge on any atom is 0.125 e. The fraction of sp³-hybridized carbons (Fsp3) is 0.125. The van der Waals surface area contributed by atoms with Crippen LogP contribution in [0.3, 0.4) is 0 Å². The highest BCUT2D eigenvalue weighted by atomic mass is 32.2. The average Bonchev–Trinajstić information content (AvgIpc) is 2.09. The summed E-state index contributed by atoms with van der Waals surface area (Å²) in [6, 6.07) is 9.57. The van der Waals surface area contributed by atoms with Gasteiger partial charge in [-0.05, 0) is 0 Å². The fourth-order valence-corrected chi connectivity index (χ4v) is 1.13. The number of rotatable bonds is 1. The Balaban J connectivity index is 2.92. The van der Waals surface area contributed by atoms with E-state index in [1.807, 2.05) is 30.3 Å². The van der Waals surface area contributed by atoms with E-state index in [9.17, 15) is 0 Å². The first kappa shape index (κ1) is 8.30. The van der Waals surface area contributed by atoms with Gasteiger partial charge in [-0.15, -0.1) is 0 Å². The highest BCUT2D eigenvalue weighted by Crippen LogP contribution is 2.09. The van der Waals surface area contributed by atoms with E-state index in [-0.39, 0.29) is 0 Å². The van der Waals surface area contributed by atoms with Crippen molar-refractivity contribution < 1.29 is 4.55 Å². The van der Waals surface area contributed by atoms with Crippen molar-refractivity contribution >= 4 is 17.1 Å². The molecule has 1 rings (SSSR count). The van der Waals surface area contributed by atoms with Crippen molar-refractivity contribution in [2.45, 2.75) is 0 Å². The Kier molecular flexibility index (Phi) is 3.14. The minimum Gasteiger partial charge on any atom is -0.324 e. The number of hydrogen-bond acceptors (Lipinski definition) is 3. The third-order valence-corrected chi connectivity index (χ3v) is 1.90. The van der Waals surface area contributed by atoms with Crippen molar-refractivity contribution in [2.75, 3.05) is 7.05 Å². The second-order valence-electron chi connectivity index (χ2n) is 1.99. The SMILES string of the molecule is CN=C(SO)c1ccccc1. The molecule has 0 saturated carbocycles. The highest BCUT2D eigenvalue weighted by molar-refractivity contribution is 8.09. The van der Waals surface area contributed by atoms with Crippen LogP contribution in [0.2, 0.25) is 0 Å². The largest absolute Gasteiger partial charge is 0.324 e. The van der Waals surface area contributed by atoms with Crippen molar-refractivity contribution in [1.82, 2.24) is 0 Å². The van der Waals surface area contributed by atoms with E-state index in [1.54, 1.807) is 7.05 Å². The van der Waals surface area contributed by atoms with Crippen LogP contribution in [0.4, 0.5) is 0 Å². The Morgan fingerprint density at radius 2 is 2.00 bits per heavy atom. The molecule has 1 N–H and O–H groups in total. The summed E-state index contributed by atoms with van der Waals surface area (Å²) < 4.78 is 8.77. The monoisotopic (exact) mass is 167 g/mol. The second kappa shape index (κ2) is 4.16. The van der Waals surface area contributed by atoms with Gasteiger partial charge in [0.15, 0.2) is 0 Å². The minimum absolute atomic E-state index is 0.644. The summed E-state index contributed by atoms with van der Waals surface area (Å²) in [5.74, 6) is 0. The third kappa shape index (κ3) is 2.06. The van der Waals surface area contributed by atoms with Gasteiger partial charge in [-0.25, -0.2) is 0 Å². The van der Waals surface area contributed by atoms with Gasteiger partial charge in [-0.2, -0.15) is 0 Å². The molecule has 2 nitrogen and oxygen atoms in total. The average molecular weight is 167 g/mol. The lowest BCUT2D eigenvalue weighted by Gasteiger charge is -1.98. The van der Waals surface area contributed by atoms with Gasteiger partial charge in [0.1, 0.15) is 5.04 Å². The van der Waals surface area contributed by atoms with Gasteiger partial charge in [-0.3, -0.25) is 4.99 Å². The molecule has 3 heteroatoms. The van der Waals surface area contributed by atoms with Crippen molar-refractivity contribution in [3.05, 3.63) is 35.9 Å². The highest BCUT2D eigenvalue weighted by Gasteiger charge is 1.98. The van der Waals surface area contributed by atoms with Crippen LogP contribution in [0.5, 0.6) is 0 Å². The molecule has 0 aliphatic rings. The molecule has 11 heavy (non-hydrogen) atoms. The van der Waals surface area contributed by atoms with Crippen molar-refractivity contribution in [2.24, 2.45) is 4.99 Å². The molecule has 0 amide bonds. The van der Waals surface area contributed by atoms with E-state index in [0.29, 0.717) is 17.1 Å². The minimum atomic E-state index is 0.644. The van der Waals surface area contributed by atoms with E-state index >= 15 is 0 Å². The van der Waals surface area contributed by atoms with Crippen molar-refractivity contribution in [3.63, 3.8) is 0 Å². The number of hydrogen-bond donors (Lipinski definition) is 1. The molecule has 0 heterocycles. The molecule has 0 atom stereocenters. The van der Waals surface area contributed by atoms with Crippen LogP contribution in [-0.4, -0.2) is 16.6 Å². The molecule has 0 unspecified atom stereocenters. The lowest BCUT2D eigenvalue weighted by atomic mass is 10.2. The van der Waals surface area contributed by atoms with Crippen molar-refractivity contribution in [3.8, 4) is 0 Å². The van der Waals surface area contributed by atoms with E-state index in [2.05, 4.69) is 4.99 Å². The fourth-order valence-electron chi connectivity index (χ4n) is 0.803. The molecule has 0 aliphatic carbocycles. The first-order chi connectivity index (χ1) is 5.38. The van der Waals surface area contributed by atoms with Crippen LogP contribution in [0.25, 0.3) is 0 Å². The summed E-state index contributed by atoms with van der Waals surface area (Å²) in [6.07, 6.45) is 0. The molecule has 0 fully saturated rings. The van der Waals surface area contributed by atoms with E-state index in [4.69, 9.17) is 4.55 Å². The summed E-state index contributed by atoms with van der Waals surface area (Å²) in [7, 11) is 1.66. The third-order valence-electron chi connectivity index (χ3n) is 1.31. The normalized spacial score (nSPS) is 11.6. The van der Waals surface area contributed by atoms with Crippen LogP contribution < -0.4 is 0 Å². The lowest BCUT2D eigenvalue weighted by molar-refractivity contribution is 0.673. The Bertz CT molecular complexity index is 246. The van der Waals surface area contributed by atoms with E-state index < -0.39 is 0 Å². The molecule has 0 bridgehead atoms. The van der Waals surface area contributed by atoms with Gasteiger partial charge in [0.2, 0.25) is 0 Å². The molecule has 0 spiro atoms. The Labute approximate surface area is 70.2 Å². The summed E-state index contributed by atoms with van der Waals surface area (Å²) in [6.45, 7) is 0. The summed E-state index contributed by atoms with van der Waals surface area (Å²) in [5, 5.41) is 0.644. The predicted octanol–water partition coefficient (Wildman–Crippen LogP) is 2.27. The second-order valence-corrected chi connectivity index (χ2v) is 2.56. The van der Waals surface area contributed by atoms with Gasteiger partial charge in [-0.1, -0.05) is 30.3 Å². The van der Waals surface area contributed by atoms with E-state index in [0.717, 1.165) is 5.56 Å². The smallest absolute Gasteiger partial charge is 0.125 e. The van der Waals surface area contributed by atoms with E-state index in [1.165, 1.54) is 0 Å². The Hall–Kier alpha value is -0.800. The topological polar surface area (TPSA) is 32.6 Å². The maximum atomic E-state index is 8.77. The molecule has 1 aromatic rings. The summed E-state index contributed by atoms with van der Waals surface area (Å²) >= 11 is 0.673. The predicted molar refractivity (Wildman–Crippen MR) is 49.1 cm³/mol. The molecular formula is C8H9NOS. The summed E-state index contributed by atoms with van der Waals surface area (Å²) in [5.41, 5.74) is 0.947. The van der Waals surface area contributed by atoms with Gasteiger partial charge < -0.3 is 4.55 Å². The van der Waals surface area contributed by atoms with Crippen LogP contribution in [-0.2, 0) is 0 Å². The van der Waals surface area contributed by atoms with Crippen molar-refractivity contribution in [1.29, 1.82) is 0 Å². The zero-order valence-corrected chi connectivity index (χ0v) is 7.01. The molecule has 0 saturated heterocycles. The molecule has 0 aliphatic heterocycles. The van der Waals surface area contributed by atoms with Crippen LogP contribution in [0.15, 0.2) is 35.3 Å². The lowest BCUT2D eigenvalue weighted by Crippen LogP contribution is -1.92. The molecule has 58 valence electrons. The zero-order valence-electron chi connectivity index (χ0n) is 6.19. The van der Waals surface area contributed by atoms with Gasteiger partial charge in [0.25, 0.3) is 0 Å². The maximum absolute atomic E-state index is 8.77. The summed E-state index contributed by atoms with van der Waals surface area (Å²) in [4.78, 5) is 3.91. The van der Waals surface area contributed by atoms with Crippen LogP contribution >= 0.6 is 12.0 Å². The molecular weight excluding hydrogens is 158 g/mol. The molecule has 0 radical (unpaired) electrons. The van der Waals surface area contributed by atoms with Crippen LogP contribution in [0, 0.1) is 0 Å². The molecule has 0 aromatic heterocycles. The molecule has 1 aromatic carbocycles. The Morgan fingerprint density at radius 3 is 2.45 bits per heavy atom. The van der Waals surface area contributed by atoms with Crippen LogP contribution in [0.1, 0.15) is 5.56 Å². The number of aliphatic imine (C=N–C) groups is 1. The standard InChI is InChI=1S/C8H9NOS/c1-9-8(11-10)7-5-3-2-4-6-7/h2-6,10H,1H3. The number of benzene rings is 1. The first-order valence-electron chi connectivity index (χ1n) is 3.22. The zero-order chi connectivity index (χ0) is 8.10. The Morgan fingerprint density at radius 1 is 1.36 bits per heavy atom. The van der Waals surface area contributed by atoms with Gasteiger partial charge >= 0.3 is 0 Å². The number of nitrogens with zero attached hydrogens (tertiary/aromatic N) is 1. The first-order valence-corrected chi connectivity index (χ1v) is 3.99. The quantitative estimate of drug-likeness (QED) is 0.395. The van der Waals surface area contributed by atoms with Gasteiger partial charge in [0.05, 0.1) is 0 Å². The van der Waals surface area contributed by atoms with Gasteiger partial charge in [0, 0.05) is 24.7 Å².